The van der Waals surface area contributed by atoms with Crippen molar-refractivity contribution in [1.29, 1.82) is 0 Å². The molecule has 1 aliphatic heterocycles. The number of aromatic nitrogens is 1. The fraction of sp³-hybridized carbons (Fsp3) is 0.222. The van der Waals surface area contributed by atoms with Gasteiger partial charge in [0.1, 0.15) is 38.6 Å². The number of hydrogen-bond acceptors (Lipinski definition) is 9. The van der Waals surface area contributed by atoms with E-state index >= 15 is 0 Å². The zero-order valence-corrected chi connectivity index (χ0v) is 27.3. The predicted molar refractivity (Wildman–Crippen MR) is 177 cm³/mol. The second-order valence-electron chi connectivity index (χ2n) is 11.4. The highest BCUT2D eigenvalue weighted by atomic mass is 35.5. The Morgan fingerprint density at radius 2 is 1.66 bits per heavy atom. The molecule has 3 aromatic carbocycles. The molecule has 0 bridgehead atoms. The van der Waals surface area contributed by atoms with Crippen molar-refractivity contribution in [3.05, 3.63) is 105 Å². The van der Waals surface area contributed by atoms with Crippen LogP contribution in [0, 0.1) is 5.92 Å². The molecule has 1 spiro atoms. The first kappa shape index (κ1) is 30.7. The highest BCUT2D eigenvalue weighted by Gasteiger charge is 2.63. The normalized spacial score (nSPS) is 18.1. The summed E-state index contributed by atoms with van der Waals surface area (Å²) < 4.78 is 23.6. The van der Waals surface area contributed by atoms with Crippen molar-refractivity contribution >= 4 is 40.4 Å². The third-order valence-electron chi connectivity index (χ3n) is 8.66. The third-order valence-corrected chi connectivity index (χ3v) is 9.96. The van der Waals surface area contributed by atoms with Gasteiger partial charge in [0.15, 0.2) is 5.75 Å². The van der Waals surface area contributed by atoms with Crippen molar-refractivity contribution in [2.24, 2.45) is 5.92 Å². The van der Waals surface area contributed by atoms with E-state index in [1.54, 1.807) is 6.92 Å². The highest BCUT2D eigenvalue weighted by Crippen LogP contribution is 2.54. The van der Waals surface area contributed by atoms with Gasteiger partial charge in [-0.1, -0.05) is 79.2 Å². The van der Waals surface area contributed by atoms with Gasteiger partial charge < -0.3 is 23.9 Å². The molecule has 2 atom stereocenters. The van der Waals surface area contributed by atoms with Gasteiger partial charge in [-0.05, 0) is 0 Å². The van der Waals surface area contributed by atoms with Crippen LogP contribution in [0.3, 0.4) is 0 Å². The molecular weight excluding hydrogens is 640 g/mol. The van der Waals surface area contributed by atoms with Crippen molar-refractivity contribution in [3.63, 3.8) is 0 Å². The zero-order valence-electron chi connectivity index (χ0n) is 25.7. The van der Waals surface area contributed by atoms with E-state index in [-0.39, 0.29) is 58.7 Å². The Morgan fingerprint density at radius 3 is 2.34 bits per heavy atom. The molecule has 7 rings (SSSR count). The lowest BCUT2D eigenvalue weighted by molar-refractivity contribution is -0.120. The van der Waals surface area contributed by atoms with Crippen LogP contribution < -0.4 is 19.5 Å². The fourth-order valence-electron chi connectivity index (χ4n) is 6.34. The first-order valence-corrected chi connectivity index (χ1v) is 16.2. The molecule has 238 valence electrons. The van der Waals surface area contributed by atoms with Gasteiger partial charge in [-0.25, -0.2) is 4.98 Å². The summed E-state index contributed by atoms with van der Waals surface area (Å²) in [5.41, 5.74) is 1.10. The molecule has 3 heterocycles. The maximum Gasteiger partial charge on any atom is 0.237 e. The SMILES string of the molecule is COc1cc(OC)c2c(c1Cl)O[C@@]1(C(=O)c3c(oc(-c4ccccc4)c3CC(=O)NCc3csc(-c4ccccc4)n3)C[C@H]1C)C2=O. The fourth-order valence-corrected chi connectivity index (χ4v) is 7.43. The molecule has 1 aliphatic carbocycles. The van der Waals surface area contributed by atoms with Crippen molar-refractivity contribution in [2.75, 3.05) is 14.2 Å². The Hall–Kier alpha value is -4.93. The topological polar surface area (TPSA) is 117 Å². The predicted octanol–water partition coefficient (Wildman–Crippen LogP) is 6.99. The Labute approximate surface area is 279 Å². The maximum atomic E-state index is 14.7. The largest absolute Gasteiger partial charge is 0.496 e. The molecule has 0 saturated heterocycles. The number of Topliss-reactive ketones (excluding diaryl/α,β-unsaturated/α-hetero) is 2. The lowest BCUT2D eigenvalue weighted by Gasteiger charge is -2.35. The molecule has 0 fully saturated rings. The lowest BCUT2D eigenvalue weighted by Crippen LogP contribution is -2.56. The first-order chi connectivity index (χ1) is 22.8. The van der Waals surface area contributed by atoms with Crippen molar-refractivity contribution in [2.45, 2.75) is 31.9 Å². The van der Waals surface area contributed by atoms with Gasteiger partial charge in [0.2, 0.25) is 23.1 Å². The summed E-state index contributed by atoms with van der Waals surface area (Å²) in [5, 5.41) is 5.76. The number of rotatable bonds is 8. The summed E-state index contributed by atoms with van der Waals surface area (Å²) in [4.78, 5) is 47.1. The number of nitrogens with one attached hydrogen (secondary N) is 1. The summed E-state index contributed by atoms with van der Waals surface area (Å²) in [7, 11) is 2.85. The summed E-state index contributed by atoms with van der Waals surface area (Å²) in [5.74, 6) is -0.882. The number of ether oxygens (including phenoxy) is 3. The molecule has 9 nitrogen and oxygen atoms in total. The van der Waals surface area contributed by atoms with Gasteiger partial charge >= 0.3 is 0 Å². The van der Waals surface area contributed by atoms with Gasteiger partial charge in [-0.2, -0.15) is 0 Å². The maximum absolute atomic E-state index is 14.7. The Morgan fingerprint density at radius 1 is 1.00 bits per heavy atom. The number of furan rings is 1. The number of carbonyl (C=O) groups is 3. The van der Waals surface area contributed by atoms with Crippen LogP contribution in [0.1, 0.15) is 44.7 Å². The minimum atomic E-state index is -1.93. The molecular formula is C36H29ClN2O7S. The number of fused-ring (bicyclic) bond motifs is 2. The minimum absolute atomic E-state index is 0.0284. The highest BCUT2D eigenvalue weighted by molar-refractivity contribution is 7.13. The Bertz CT molecular complexity index is 2040. The van der Waals surface area contributed by atoms with Crippen LogP contribution in [-0.4, -0.2) is 42.3 Å². The summed E-state index contributed by atoms with van der Waals surface area (Å²) in [6, 6.07) is 20.6. The molecule has 0 unspecified atom stereocenters. The lowest BCUT2D eigenvalue weighted by atomic mass is 9.70. The van der Waals surface area contributed by atoms with E-state index in [9.17, 15) is 14.4 Å². The van der Waals surface area contributed by atoms with Gasteiger partial charge in [-0.3, -0.25) is 14.4 Å². The van der Waals surface area contributed by atoms with E-state index in [4.69, 9.17) is 30.2 Å². The number of benzene rings is 3. The Balaban J connectivity index is 1.24. The molecule has 0 saturated carbocycles. The molecule has 1 N–H and O–H groups in total. The van der Waals surface area contributed by atoms with Gasteiger partial charge in [0.25, 0.3) is 0 Å². The van der Waals surface area contributed by atoms with Crippen LogP contribution in [-0.2, 0) is 24.2 Å². The van der Waals surface area contributed by atoms with Gasteiger partial charge in [0.05, 0.1) is 38.4 Å². The minimum Gasteiger partial charge on any atom is -0.496 e. The van der Waals surface area contributed by atoms with Crippen LogP contribution in [0.4, 0.5) is 0 Å². The number of amides is 1. The molecule has 47 heavy (non-hydrogen) atoms. The summed E-state index contributed by atoms with van der Waals surface area (Å²) in [6.07, 6.45) is 0.0361. The van der Waals surface area contributed by atoms with Crippen molar-refractivity contribution in [1.82, 2.24) is 10.3 Å². The molecule has 0 radical (unpaired) electrons. The van der Waals surface area contributed by atoms with E-state index in [0.717, 1.165) is 10.6 Å². The first-order valence-electron chi connectivity index (χ1n) is 15.0. The monoisotopic (exact) mass is 668 g/mol. The smallest absolute Gasteiger partial charge is 0.237 e. The Kier molecular flexibility index (Phi) is 7.85. The number of carbonyl (C=O) groups excluding carboxylic acids is 3. The number of ketones is 2. The average Bonchev–Trinajstić information content (AvgIpc) is 3.80. The zero-order chi connectivity index (χ0) is 32.9. The number of methoxy groups -OCH3 is 2. The van der Waals surface area contributed by atoms with Crippen LogP contribution >= 0.6 is 22.9 Å². The van der Waals surface area contributed by atoms with Gasteiger partial charge in [0, 0.05) is 40.5 Å². The van der Waals surface area contributed by atoms with Crippen LogP contribution in [0.15, 0.2) is 76.5 Å². The van der Waals surface area contributed by atoms with Crippen LogP contribution in [0.25, 0.3) is 21.9 Å². The third kappa shape index (κ3) is 4.99. The van der Waals surface area contributed by atoms with Crippen molar-refractivity contribution in [3.8, 4) is 39.1 Å². The number of halogens is 1. The molecule has 11 heteroatoms. The molecule has 1 amide bonds. The quantitative estimate of drug-likeness (QED) is 0.176. The van der Waals surface area contributed by atoms with Gasteiger partial charge in [-0.15, -0.1) is 11.3 Å². The average molecular weight is 669 g/mol. The second kappa shape index (κ2) is 12.0. The molecule has 5 aromatic rings. The number of hydrogen-bond donors (Lipinski definition) is 1. The summed E-state index contributed by atoms with van der Waals surface area (Å²) in [6.45, 7) is 1.96. The van der Waals surface area contributed by atoms with E-state index in [1.165, 1.54) is 31.6 Å². The number of thiazole rings is 1. The molecule has 2 aromatic heterocycles. The van der Waals surface area contributed by atoms with Crippen LogP contribution in [0.2, 0.25) is 5.02 Å². The van der Waals surface area contributed by atoms with E-state index in [0.29, 0.717) is 28.3 Å². The van der Waals surface area contributed by atoms with E-state index in [2.05, 4.69) is 10.3 Å². The summed E-state index contributed by atoms with van der Waals surface area (Å²) >= 11 is 8.10. The van der Waals surface area contributed by atoms with Crippen molar-refractivity contribution < 1.29 is 33.0 Å². The van der Waals surface area contributed by atoms with E-state index in [1.807, 2.05) is 66.0 Å². The second-order valence-corrected chi connectivity index (χ2v) is 12.7. The molecule has 2 aliphatic rings. The number of nitrogens with zero attached hydrogens (tertiary/aromatic N) is 1. The van der Waals surface area contributed by atoms with Crippen LogP contribution in [0.5, 0.6) is 17.2 Å². The van der Waals surface area contributed by atoms with E-state index < -0.39 is 23.1 Å². The standard InChI is InChI=1S/C36H29ClN2O7S/c1-19-14-25-28(33(41)36(19)34(42)29-24(43-2)16-26(44-3)30(37)32(29)46-36)23(31(45-25)20-10-6-4-7-11-20)15-27(40)38-17-22-18-47-35(39-22)21-12-8-5-9-13-21/h4-13,16,18-19H,14-15,17H2,1-3H3,(H,38,40)/t19-,36+/m1/s1.